The molecule has 0 spiro atoms. The zero-order chi connectivity index (χ0) is 21.6. The Balaban J connectivity index is 0.00000204. The number of ketones is 1. The number of piperidine rings is 1. The van der Waals surface area contributed by atoms with Crippen LogP contribution in [0.25, 0.3) is 0 Å². The number of amides is 1. The minimum absolute atomic E-state index is 0.200. The van der Waals surface area contributed by atoms with Crippen LogP contribution < -0.4 is 0 Å². The van der Waals surface area contributed by atoms with E-state index in [0.29, 0.717) is 24.7 Å². The maximum atomic E-state index is 12.4. The standard InChI is InChI=1S/C24H37NO2.C2H6/c1-4-23(26)22-13-11-20(12-14-22)21-15-17-25(18-16-21)24(27)10-8-6-5-7-9-19(2)3;1-2/h11-14,19,21H,4-10,15-18H2,1-3H3;1-2H3. The van der Waals surface area contributed by atoms with Gasteiger partial charge in [-0.05, 0) is 36.7 Å². The molecular formula is C26H43NO2. The van der Waals surface area contributed by atoms with E-state index in [1.165, 1.54) is 31.2 Å². The molecule has 0 unspecified atom stereocenters. The van der Waals surface area contributed by atoms with Gasteiger partial charge in [0.25, 0.3) is 0 Å². The van der Waals surface area contributed by atoms with Crippen LogP contribution in [0.5, 0.6) is 0 Å². The van der Waals surface area contributed by atoms with E-state index in [2.05, 4.69) is 30.9 Å². The molecule has 0 aliphatic carbocycles. The molecule has 1 saturated heterocycles. The topological polar surface area (TPSA) is 37.4 Å². The monoisotopic (exact) mass is 401 g/mol. The van der Waals surface area contributed by atoms with Crippen LogP contribution in [0.1, 0.15) is 114 Å². The van der Waals surface area contributed by atoms with Crippen LogP contribution in [0.3, 0.4) is 0 Å². The molecular weight excluding hydrogens is 358 g/mol. The lowest BCUT2D eigenvalue weighted by Gasteiger charge is -2.32. The van der Waals surface area contributed by atoms with Crippen molar-refractivity contribution in [3.63, 3.8) is 0 Å². The minimum atomic E-state index is 0.200. The number of carbonyl (C=O) groups excluding carboxylic acids is 2. The van der Waals surface area contributed by atoms with Gasteiger partial charge < -0.3 is 4.90 Å². The molecule has 1 aromatic rings. The van der Waals surface area contributed by atoms with Gasteiger partial charge in [-0.2, -0.15) is 0 Å². The Morgan fingerprint density at radius 1 is 0.966 bits per heavy atom. The van der Waals surface area contributed by atoms with E-state index in [4.69, 9.17) is 0 Å². The van der Waals surface area contributed by atoms with Gasteiger partial charge in [-0.25, -0.2) is 0 Å². The van der Waals surface area contributed by atoms with Crippen molar-refractivity contribution in [2.75, 3.05) is 13.1 Å². The van der Waals surface area contributed by atoms with Gasteiger partial charge in [-0.3, -0.25) is 9.59 Å². The average Bonchev–Trinajstić information content (AvgIpc) is 2.77. The SMILES string of the molecule is CC.CCC(=O)c1ccc(C2CCN(C(=O)CCCCCCC(C)C)CC2)cc1. The Kier molecular flexibility index (Phi) is 12.6. The van der Waals surface area contributed by atoms with Crippen molar-refractivity contribution in [3.8, 4) is 0 Å². The maximum Gasteiger partial charge on any atom is 0.222 e. The first-order valence-corrected chi connectivity index (χ1v) is 11.9. The summed E-state index contributed by atoms with van der Waals surface area (Å²) in [4.78, 5) is 26.2. The van der Waals surface area contributed by atoms with E-state index < -0.39 is 0 Å². The highest BCUT2D eigenvalue weighted by Crippen LogP contribution is 2.28. The first-order valence-electron chi connectivity index (χ1n) is 11.9. The van der Waals surface area contributed by atoms with E-state index >= 15 is 0 Å². The molecule has 0 atom stereocenters. The fraction of sp³-hybridized carbons (Fsp3) is 0.692. The third-order valence-electron chi connectivity index (χ3n) is 5.79. The molecule has 0 N–H and O–H groups in total. The number of rotatable bonds is 10. The van der Waals surface area contributed by atoms with Crippen molar-refractivity contribution < 1.29 is 9.59 Å². The molecule has 0 saturated carbocycles. The zero-order valence-electron chi connectivity index (χ0n) is 19.5. The molecule has 0 bridgehead atoms. The van der Waals surface area contributed by atoms with Gasteiger partial charge >= 0.3 is 0 Å². The molecule has 1 fully saturated rings. The Labute approximate surface area is 179 Å². The van der Waals surface area contributed by atoms with Crippen LogP contribution in [-0.4, -0.2) is 29.7 Å². The summed E-state index contributed by atoms with van der Waals surface area (Å²) in [5, 5.41) is 0. The van der Waals surface area contributed by atoms with Crippen LogP contribution in [0.4, 0.5) is 0 Å². The quantitative estimate of drug-likeness (QED) is 0.312. The summed E-state index contributed by atoms with van der Waals surface area (Å²) >= 11 is 0. The molecule has 29 heavy (non-hydrogen) atoms. The van der Waals surface area contributed by atoms with E-state index in [-0.39, 0.29) is 5.78 Å². The minimum Gasteiger partial charge on any atom is -0.343 e. The number of benzene rings is 1. The van der Waals surface area contributed by atoms with Crippen LogP contribution >= 0.6 is 0 Å². The molecule has 0 radical (unpaired) electrons. The van der Waals surface area contributed by atoms with Crippen molar-refractivity contribution in [2.24, 2.45) is 5.92 Å². The molecule has 1 aromatic carbocycles. The van der Waals surface area contributed by atoms with Crippen molar-refractivity contribution >= 4 is 11.7 Å². The second kappa shape index (κ2) is 14.4. The number of carbonyl (C=O) groups is 2. The Bertz CT molecular complexity index is 583. The van der Waals surface area contributed by atoms with Crippen LogP contribution in [0.2, 0.25) is 0 Å². The average molecular weight is 402 g/mol. The Morgan fingerprint density at radius 3 is 2.10 bits per heavy atom. The fourth-order valence-corrected chi connectivity index (χ4v) is 3.95. The maximum absolute atomic E-state index is 12.4. The lowest BCUT2D eigenvalue weighted by molar-refractivity contribution is -0.132. The highest BCUT2D eigenvalue weighted by molar-refractivity contribution is 5.95. The van der Waals surface area contributed by atoms with Gasteiger partial charge in [0, 0.05) is 31.5 Å². The predicted octanol–water partition coefficient (Wildman–Crippen LogP) is 7.01. The Morgan fingerprint density at radius 2 is 1.55 bits per heavy atom. The third-order valence-corrected chi connectivity index (χ3v) is 5.79. The number of likely N-dealkylation sites (tertiary alicyclic amines) is 1. The number of unbranched alkanes of at least 4 members (excludes halogenated alkanes) is 3. The van der Waals surface area contributed by atoms with Crippen LogP contribution in [0, 0.1) is 5.92 Å². The van der Waals surface area contributed by atoms with Crippen molar-refractivity contribution in [1.82, 2.24) is 4.90 Å². The van der Waals surface area contributed by atoms with Gasteiger partial charge in [-0.15, -0.1) is 0 Å². The van der Waals surface area contributed by atoms with Gasteiger partial charge in [0.1, 0.15) is 0 Å². The van der Waals surface area contributed by atoms with Gasteiger partial charge in [0.05, 0.1) is 0 Å². The van der Waals surface area contributed by atoms with E-state index in [9.17, 15) is 9.59 Å². The summed E-state index contributed by atoms with van der Waals surface area (Å²) in [7, 11) is 0. The third kappa shape index (κ3) is 9.14. The first kappa shape index (κ1) is 25.4. The number of Topliss-reactive ketones (excluding diaryl/α,β-unsaturated/α-hetero) is 1. The number of hydrogen-bond donors (Lipinski definition) is 0. The summed E-state index contributed by atoms with van der Waals surface area (Å²) in [6.07, 6.45) is 9.38. The highest BCUT2D eigenvalue weighted by Gasteiger charge is 2.23. The number of hydrogen-bond acceptors (Lipinski definition) is 2. The molecule has 3 heteroatoms. The lowest BCUT2D eigenvalue weighted by Crippen LogP contribution is -2.37. The molecule has 1 aliphatic rings. The predicted molar refractivity (Wildman–Crippen MR) is 124 cm³/mol. The van der Waals surface area contributed by atoms with Gasteiger partial charge in [0.2, 0.25) is 5.91 Å². The Hall–Kier alpha value is -1.64. The molecule has 164 valence electrons. The van der Waals surface area contributed by atoms with Crippen molar-refractivity contribution in [2.45, 2.75) is 98.3 Å². The molecule has 1 heterocycles. The smallest absolute Gasteiger partial charge is 0.222 e. The normalized spacial score (nSPS) is 14.5. The zero-order valence-corrected chi connectivity index (χ0v) is 19.5. The van der Waals surface area contributed by atoms with E-state index in [1.807, 2.05) is 32.9 Å². The number of nitrogens with zero attached hydrogens (tertiary/aromatic N) is 1. The first-order chi connectivity index (χ1) is 14.0. The van der Waals surface area contributed by atoms with Gasteiger partial charge in [-0.1, -0.05) is 84.6 Å². The molecule has 1 amide bonds. The van der Waals surface area contributed by atoms with E-state index in [1.54, 1.807) is 0 Å². The lowest BCUT2D eigenvalue weighted by atomic mass is 9.88. The molecule has 0 aromatic heterocycles. The van der Waals surface area contributed by atoms with Crippen LogP contribution in [0.15, 0.2) is 24.3 Å². The fourth-order valence-electron chi connectivity index (χ4n) is 3.95. The summed E-state index contributed by atoms with van der Waals surface area (Å²) in [6, 6.07) is 8.11. The van der Waals surface area contributed by atoms with Gasteiger partial charge in [0.15, 0.2) is 5.78 Å². The molecule has 2 rings (SSSR count). The largest absolute Gasteiger partial charge is 0.343 e. The summed E-state index contributed by atoms with van der Waals surface area (Å²) < 4.78 is 0. The molecule has 3 nitrogen and oxygen atoms in total. The summed E-state index contributed by atoms with van der Waals surface area (Å²) in [6.45, 7) is 12.2. The van der Waals surface area contributed by atoms with E-state index in [0.717, 1.165) is 43.8 Å². The summed E-state index contributed by atoms with van der Waals surface area (Å²) in [5.74, 6) is 1.83. The van der Waals surface area contributed by atoms with Crippen molar-refractivity contribution in [1.29, 1.82) is 0 Å². The van der Waals surface area contributed by atoms with Crippen LogP contribution in [-0.2, 0) is 4.79 Å². The second-order valence-electron chi connectivity index (χ2n) is 8.40. The highest BCUT2D eigenvalue weighted by atomic mass is 16.2. The second-order valence-corrected chi connectivity index (χ2v) is 8.40. The summed E-state index contributed by atoms with van der Waals surface area (Å²) in [5.41, 5.74) is 2.11. The van der Waals surface area contributed by atoms with Crippen molar-refractivity contribution in [3.05, 3.63) is 35.4 Å². The molecule has 1 aliphatic heterocycles.